The SMILES string of the molecule is Cc1cnc(-c2cnc(C)s2)[nH]1. The fraction of sp³-hybridized carbons (Fsp3) is 0.250. The van der Waals surface area contributed by atoms with Crippen molar-refractivity contribution in [2.75, 3.05) is 0 Å². The minimum Gasteiger partial charge on any atom is -0.341 e. The van der Waals surface area contributed by atoms with Crippen LogP contribution < -0.4 is 0 Å². The number of aromatic amines is 1. The Morgan fingerprint density at radius 3 is 2.58 bits per heavy atom. The van der Waals surface area contributed by atoms with Gasteiger partial charge in [0.2, 0.25) is 0 Å². The molecule has 1 N–H and O–H groups in total. The molecule has 2 rings (SSSR count). The van der Waals surface area contributed by atoms with Gasteiger partial charge in [0.05, 0.1) is 9.88 Å². The molecule has 0 aliphatic heterocycles. The van der Waals surface area contributed by atoms with E-state index < -0.39 is 0 Å². The number of imidazole rings is 1. The number of hydrogen-bond donors (Lipinski definition) is 1. The molecule has 0 aliphatic carbocycles. The van der Waals surface area contributed by atoms with Crippen molar-refractivity contribution in [3.05, 3.63) is 23.1 Å². The molecule has 3 nitrogen and oxygen atoms in total. The third-order valence-electron chi connectivity index (χ3n) is 1.56. The van der Waals surface area contributed by atoms with E-state index in [2.05, 4.69) is 15.0 Å². The molecule has 0 atom stereocenters. The Hall–Kier alpha value is -1.16. The molecule has 4 heteroatoms. The minimum absolute atomic E-state index is 0.915. The van der Waals surface area contributed by atoms with Gasteiger partial charge in [-0.3, -0.25) is 0 Å². The Labute approximate surface area is 74.5 Å². The van der Waals surface area contributed by atoms with Crippen molar-refractivity contribution in [3.63, 3.8) is 0 Å². The molecule has 0 bridgehead atoms. The molecule has 62 valence electrons. The Balaban J connectivity index is 2.43. The normalized spacial score (nSPS) is 10.5. The van der Waals surface area contributed by atoms with E-state index in [0.29, 0.717) is 0 Å². The zero-order chi connectivity index (χ0) is 8.55. The van der Waals surface area contributed by atoms with Crippen LogP contribution >= 0.6 is 11.3 Å². The van der Waals surface area contributed by atoms with Crippen LogP contribution in [-0.2, 0) is 0 Å². The molecule has 0 aliphatic rings. The van der Waals surface area contributed by atoms with Crippen LogP contribution in [0.2, 0.25) is 0 Å². The number of aryl methyl sites for hydroxylation is 2. The summed E-state index contributed by atoms with van der Waals surface area (Å²) in [4.78, 5) is 12.6. The Morgan fingerprint density at radius 1 is 1.25 bits per heavy atom. The zero-order valence-electron chi connectivity index (χ0n) is 6.96. The van der Waals surface area contributed by atoms with Crippen molar-refractivity contribution in [1.82, 2.24) is 15.0 Å². The third kappa shape index (κ3) is 1.25. The number of nitrogens with zero attached hydrogens (tertiary/aromatic N) is 2. The monoisotopic (exact) mass is 179 g/mol. The average Bonchev–Trinajstić information content (AvgIpc) is 2.58. The molecule has 2 heterocycles. The van der Waals surface area contributed by atoms with Crippen molar-refractivity contribution < 1.29 is 0 Å². The summed E-state index contributed by atoms with van der Waals surface area (Å²) >= 11 is 1.65. The van der Waals surface area contributed by atoms with Crippen LogP contribution in [0.4, 0.5) is 0 Å². The van der Waals surface area contributed by atoms with E-state index in [1.54, 1.807) is 11.3 Å². The molecule has 0 unspecified atom stereocenters. The topological polar surface area (TPSA) is 41.6 Å². The second-order valence-electron chi connectivity index (χ2n) is 2.66. The number of thiazole rings is 1. The number of rotatable bonds is 1. The molecule has 0 saturated carbocycles. The van der Waals surface area contributed by atoms with E-state index in [4.69, 9.17) is 0 Å². The smallest absolute Gasteiger partial charge is 0.149 e. The number of H-pyrrole nitrogens is 1. The van der Waals surface area contributed by atoms with Gasteiger partial charge < -0.3 is 4.98 Å². The fourth-order valence-corrected chi connectivity index (χ4v) is 1.74. The molecule has 0 fully saturated rings. The molecule has 0 saturated heterocycles. The lowest BCUT2D eigenvalue weighted by Gasteiger charge is -1.85. The van der Waals surface area contributed by atoms with Gasteiger partial charge in [0.25, 0.3) is 0 Å². The van der Waals surface area contributed by atoms with Gasteiger partial charge >= 0.3 is 0 Å². The maximum absolute atomic E-state index is 4.21. The lowest BCUT2D eigenvalue weighted by atomic mass is 10.5. The van der Waals surface area contributed by atoms with E-state index in [1.165, 1.54) is 0 Å². The van der Waals surface area contributed by atoms with Gasteiger partial charge in [0.15, 0.2) is 0 Å². The minimum atomic E-state index is 0.915. The Kier molecular flexibility index (Phi) is 1.69. The summed E-state index contributed by atoms with van der Waals surface area (Å²) in [5, 5.41) is 1.07. The summed E-state index contributed by atoms with van der Waals surface area (Å²) in [5.74, 6) is 0.915. The van der Waals surface area contributed by atoms with Crippen LogP contribution in [0.3, 0.4) is 0 Å². The molecule has 2 aromatic rings. The van der Waals surface area contributed by atoms with Gasteiger partial charge in [-0.2, -0.15) is 0 Å². The van der Waals surface area contributed by atoms with E-state index in [-0.39, 0.29) is 0 Å². The van der Waals surface area contributed by atoms with Gasteiger partial charge in [-0.05, 0) is 13.8 Å². The summed E-state index contributed by atoms with van der Waals surface area (Å²) < 4.78 is 0. The predicted octanol–water partition coefficient (Wildman–Crippen LogP) is 2.15. The zero-order valence-corrected chi connectivity index (χ0v) is 7.77. The van der Waals surface area contributed by atoms with Crippen LogP contribution in [-0.4, -0.2) is 15.0 Å². The molecular weight excluding hydrogens is 170 g/mol. The first-order chi connectivity index (χ1) is 5.75. The fourth-order valence-electron chi connectivity index (χ4n) is 1.01. The second kappa shape index (κ2) is 2.71. The third-order valence-corrected chi connectivity index (χ3v) is 2.48. The highest BCUT2D eigenvalue weighted by atomic mass is 32.1. The summed E-state index contributed by atoms with van der Waals surface area (Å²) in [5.41, 5.74) is 1.08. The average molecular weight is 179 g/mol. The highest BCUT2D eigenvalue weighted by Gasteiger charge is 2.03. The summed E-state index contributed by atoms with van der Waals surface area (Å²) in [7, 11) is 0. The predicted molar refractivity (Wildman–Crippen MR) is 49.2 cm³/mol. The summed E-state index contributed by atoms with van der Waals surface area (Å²) in [6, 6.07) is 0. The second-order valence-corrected chi connectivity index (χ2v) is 3.89. The summed E-state index contributed by atoms with van der Waals surface area (Å²) in [6.07, 6.45) is 3.67. The first-order valence-electron chi connectivity index (χ1n) is 3.70. The van der Waals surface area contributed by atoms with Gasteiger partial charge in [0, 0.05) is 18.1 Å². The van der Waals surface area contributed by atoms with Crippen LogP contribution in [0, 0.1) is 13.8 Å². The maximum Gasteiger partial charge on any atom is 0.149 e. The van der Waals surface area contributed by atoms with E-state index in [0.717, 1.165) is 21.4 Å². The van der Waals surface area contributed by atoms with Crippen molar-refractivity contribution in [2.24, 2.45) is 0 Å². The van der Waals surface area contributed by atoms with E-state index in [1.807, 2.05) is 26.2 Å². The lowest BCUT2D eigenvalue weighted by Crippen LogP contribution is -1.73. The molecule has 0 spiro atoms. The van der Waals surface area contributed by atoms with Crippen molar-refractivity contribution >= 4 is 11.3 Å². The van der Waals surface area contributed by atoms with E-state index in [9.17, 15) is 0 Å². The van der Waals surface area contributed by atoms with Crippen LogP contribution in [0.1, 0.15) is 10.7 Å². The quantitative estimate of drug-likeness (QED) is 0.728. The van der Waals surface area contributed by atoms with Crippen molar-refractivity contribution in [3.8, 4) is 10.7 Å². The number of nitrogens with one attached hydrogen (secondary N) is 1. The van der Waals surface area contributed by atoms with Crippen LogP contribution in [0.5, 0.6) is 0 Å². The van der Waals surface area contributed by atoms with Gasteiger partial charge in [0.1, 0.15) is 5.82 Å². The van der Waals surface area contributed by atoms with Crippen LogP contribution in [0.15, 0.2) is 12.4 Å². The molecular formula is C8H9N3S. The van der Waals surface area contributed by atoms with Crippen molar-refractivity contribution in [2.45, 2.75) is 13.8 Å². The lowest BCUT2D eigenvalue weighted by molar-refractivity contribution is 1.25. The Morgan fingerprint density at radius 2 is 2.08 bits per heavy atom. The molecule has 12 heavy (non-hydrogen) atoms. The molecule has 2 aromatic heterocycles. The van der Waals surface area contributed by atoms with Crippen LogP contribution in [0.25, 0.3) is 10.7 Å². The van der Waals surface area contributed by atoms with E-state index >= 15 is 0 Å². The highest BCUT2D eigenvalue weighted by molar-refractivity contribution is 7.14. The highest BCUT2D eigenvalue weighted by Crippen LogP contribution is 2.22. The first-order valence-corrected chi connectivity index (χ1v) is 4.52. The van der Waals surface area contributed by atoms with Crippen molar-refractivity contribution in [1.29, 1.82) is 0 Å². The summed E-state index contributed by atoms with van der Waals surface area (Å²) in [6.45, 7) is 3.98. The molecule has 0 amide bonds. The first kappa shape index (κ1) is 7.49. The van der Waals surface area contributed by atoms with Gasteiger partial charge in [-0.15, -0.1) is 11.3 Å². The maximum atomic E-state index is 4.21. The number of aromatic nitrogens is 3. The molecule has 0 aromatic carbocycles. The van der Waals surface area contributed by atoms with Gasteiger partial charge in [-0.1, -0.05) is 0 Å². The molecule has 0 radical (unpaired) electrons. The Bertz CT molecular complexity index is 350. The number of hydrogen-bond acceptors (Lipinski definition) is 3. The standard InChI is InChI=1S/C8H9N3S/c1-5-3-10-8(11-5)7-4-9-6(2)12-7/h3-4H,1-2H3,(H,10,11). The van der Waals surface area contributed by atoms with Gasteiger partial charge in [-0.25, -0.2) is 9.97 Å². The largest absolute Gasteiger partial charge is 0.341 e.